The Bertz CT molecular complexity index is 950. The maximum absolute atomic E-state index is 13.4. The topological polar surface area (TPSA) is 52.7 Å². The van der Waals surface area contributed by atoms with E-state index in [1.165, 1.54) is 49.7 Å². The summed E-state index contributed by atoms with van der Waals surface area (Å²) in [6, 6.07) is 8.86. The Labute approximate surface area is 210 Å². The Hall–Kier alpha value is -2.04. The Morgan fingerprint density at radius 1 is 0.829 bits per heavy atom. The third-order valence-electron chi connectivity index (χ3n) is 10.9. The predicted octanol–water partition coefficient (Wildman–Crippen LogP) is 4.78. The fourth-order valence-corrected chi connectivity index (χ4v) is 9.49. The van der Waals surface area contributed by atoms with Crippen molar-refractivity contribution in [3.8, 4) is 0 Å². The highest BCUT2D eigenvalue weighted by molar-refractivity contribution is 5.77. The molecule has 5 heteroatoms. The molecule has 4 bridgehead atoms. The van der Waals surface area contributed by atoms with Gasteiger partial charge < -0.3 is 15.1 Å². The lowest BCUT2D eigenvalue weighted by Crippen LogP contribution is -2.61. The van der Waals surface area contributed by atoms with Gasteiger partial charge in [0.2, 0.25) is 5.91 Å². The number of nitrogens with zero attached hydrogens (tertiary/aromatic N) is 2. The molecule has 5 aliphatic carbocycles. The first-order valence-electron chi connectivity index (χ1n) is 14.4. The molecule has 1 aromatic carbocycles. The van der Waals surface area contributed by atoms with Crippen LogP contribution in [0.5, 0.6) is 0 Å². The quantitative estimate of drug-likeness (QED) is 0.684. The molecule has 2 saturated heterocycles. The zero-order chi connectivity index (χ0) is 23.6. The number of benzene rings is 1. The number of fused-ring (bicyclic) bond motifs is 1. The zero-order valence-electron chi connectivity index (χ0n) is 21.1. The second kappa shape index (κ2) is 8.24. The van der Waals surface area contributed by atoms with Gasteiger partial charge >= 0.3 is 6.03 Å². The van der Waals surface area contributed by atoms with Crippen molar-refractivity contribution in [3.63, 3.8) is 0 Å². The van der Waals surface area contributed by atoms with E-state index in [1.807, 2.05) is 0 Å². The second-order valence-corrected chi connectivity index (χ2v) is 13.4. The minimum atomic E-state index is 0.0945. The smallest absolute Gasteiger partial charge is 0.317 e. The lowest BCUT2D eigenvalue weighted by molar-refractivity contribution is -0.134. The number of urea groups is 1. The van der Waals surface area contributed by atoms with Crippen molar-refractivity contribution < 1.29 is 9.59 Å². The molecule has 1 spiro atoms. The van der Waals surface area contributed by atoms with Crippen molar-refractivity contribution in [1.82, 2.24) is 15.1 Å². The molecule has 1 aromatic rings. The molecule has 0 unspecified atom stereocenters. The molecule has 0 radical (unpaired) electrons. The molecule has 2 heterocycles. The highest BCUT2D eigenvalue weighted by Gasteiger charge is 2.52. The number of amides is 3. The molecular formula is C30H41N3O2. The van der Waals surface area contributed by atoms with E-state index < -0.39 is 0 Å². The van der Waals surface area contributed by atoms with E-state index in [1.54, 1.807) is 0 Å². The number of piperidine rings is 1. The van der Waals surface area contributed by atoms with Crippen molar-refractivity contribution in [2.45, 2.75) is 82.6 Å². The SMILES string of the molecule is O=C(CC1Cc2ccccc2C1)N1CCC2(CC1)CCN(C(=O)NC13CC4CC(CC(C4)C1)C3)C2. The number of likely N-dealkylation sites (tertiary alicyclic amines) is 2. The largest absolute Gasteiger partial charge is 0.343 e. The molecule has 6 fully saturated rings. The van der Waals surface area contributed by atoms with Crippen LogP contribution in [0.15, 0.2) is 24.3 Å². The van der Waals surface area contributed by atoms with Gasteiger partial charge in [-0.2, -0.15) is 0 Å². The number of hydrogen-bond donors (Lipinski definition) is 1. The number of carbonyl (C=O) groups excluding carboxylic acids is 2. The summed E-state index contributed by atoms with van der Waals surface area (Å²) in [7, 11) is 0. The highest BCUT2D eigenvalue weighted by Crippen LogP contribution is 2.55. The monoisotopic (exact) mass is 475 g/mol. The first-order valence-corrected chi connectivity index (χ1v) is 14.4. The van der Waals surface area contributed by atoms with Crippen molar-refractivity contribution in [2.75, 3.05) is 26.2 Å². The van der Waals surface area contributed by atoms with E-state index in [9.17, 15) is 9.59 Å². The molecule has 188 valence electrons. The fourth-order valence-electron chi connectivity index (χ4n) is 9.49. The van der Waals surface area contributed by atoms with Gasteiger partial charge in [-0.05, 0) is 111 Å². The normalized spacial score (nSPS) is 35.0. The summed E-state index contributed by atoms with van der Waals surface area (Å²) < 4.78 is 0. The van der Waals surface area contributed by atoms with Gasteiger partial charge in [-0.15, -0.1) is 0 Å². The average molecular weight is 476 g/mol. The molecule has 2 aliphatic heterocycles. The number of hydrogen-bond acceptors (Lipinski definition) is 2. The molecule has 4 saturated carbocycles. The van der Waals surface area contributed by atoms with E-state index in [4.69, 9.17) is 0 Å². The number of carbonyl (C=O) groups is 2. The molecule has 35 heavy (non-hydrogen) atoms. The van der Waals surface area contributed by atoms with Crippen LogP contribution in [0.4, 0.5) is 4.79 Å². The second-order valence-electron chi connectivity index (χ2n) is 13.4. The summed E-state index contributed by atoms with van der Waals surface area (Å²) in [4.78, 5) is 30.7. The molecule has 3 amide bonds. The third kappa shape index (κ3) is 4.07. The maximum atomic E-state index is 13.4. The van der Waals surface area contributed by atoms with Crippen LogP contribution in [0.2, 0.25) is 0 Å². The van der Waals surface area contributed by atoms with Crippen LogP contribution in [-0.2, 0) is 17.6 Å². The van der Waals surface area contributed by atoms with Gasteiger partial charge in [-0.1, -0.05) is 24.3 Å². The van der Waals surface area contributed by atoms with E-state index >= 15 is 0 Å². The van der Waals surface area contributed by atoms with Gasteiger partial charge in [-0.25, -0.2) is 4.79 Å². The van der Waals surface area contributed by atoms with Crippen LogP contribution in [-0.4, -0.2) is 53.5 Å². The molecule has 8 rings (SSSR count). The van der Waals surface area contributed by atoms with Gasteiger partial charge in [0.1, 0.15) is 0 Å². The van der Waals surface area contributed by atoms with Gasteiger partial charge in [-0.3, -0.25) is 4.79 Å². The lowest BCUT2D eigenvalue weighted by atomic mass is 9.53. The Morgan fingerprint density at radius 3 is 1.94 bits per heavy atom. The summed E-state index contributed by atoms with van der Waals surface area (Å²) in [5, 5.41) is 3.59. The predicted molar refractivity (Wildman–Crippen MR) is 136 cm³/mol. The van der Waals surface area contributed by atoms with Crippen LogP contribution in [0.1, 0.15) is 75.3 Å². The van der Waals surface area contributed by atoms with E-state index in [0.717, 1.165) is 76.0 Å². The summed E-state index contributed by atoms with van der Waals surface area (Å²) in [6.45, 7) is 3.49. The molecule has 7 aliphatic rings. The Morgan fingerprint density at radius 2 is 1.37 bits per heavy atom. The minimum absolute atomic E-state index is 0.0945. The summed E-state index contributed by atoms with van der Waals surface area (Å²) in [5.41, 5.74) is 3.18. The van der Waals surface area contributed by atoms with E-state index in [0.29, 0.717) is 18.2 Å². The van der Waals surface area contributed by atoms with Crippen LogP contribution >= 0.6 is 0 Å². The van der Waals surface area contributed by atoms with E-state index in [-0.39, 0.29) is 17.0 Å². The fraction of sp³-hybridized carbons (Fsp3) is 0.733. The summed E-state index contributed by atoms with van der Waals surface area (Å²) >= 11 is 0. The molecule has 1 N–H and O–H groups in total. The van der Waals surface area contributed by atoms with Crippen LogP contribution in [0, 0.1) is 29.1 Å². The molecular weight excluding hydrogens is 434 g/mol. The highest BCUT2D eigenvalue weighted by atomic mass is 16.2. The average Bonchev–Trinajstić information content (AvgIpc) is 3.42. The maximum Gasteiger partial charge on any atom is 0.317 e. The Balaban J connectivity index is 0.910. The van der Waals surface area contributed by atoms with Crippen LogP contribution < -0.4 is 5.32 Å². The minimum Gasteiger partial charge on any atom is -0.343 e. The van der Waals surface area contributed by atoms with Gasteiger partial charge in [0.15, 0.2) is 0 Å². The van der Waals surface area contributed by atoms with Gasteiger partial charge in [0.05, 0.1) is 0 Å². The van der Waals surface area contributed by atoms with Gasteiger partial charge in [0.25, 0.3) is 0 Å². The van der Waals surface area contributed by atoms with Crippen LogP contribution in [0.25, 0.3) is 0 Å². The standard InChI is InChI=1S/C30H41N3O2/c34-27(16-21-14-25-3-1-2-4-26(25)15-21)32-8-5-29(6-9-32)7-10-33(20-29)28(35)31-30-17-22-11-23(18-30)13-24(12-22)19-30/h1-4,21-24H,5-20H2,(H,31,35). The number of rotatable bonds is 3. The van der Waals surface area contributed by atoms with Crippen molar-refractivity contribution >= 4 is 11.9 Å². The third-order valence-corrected chi connectivity index (χ3v) is 10.9. The molecule has 0 atom stereocenters. The zero-order valence-corrected chi connectivity index (χ0v) is 21.1. The first kappa shape index (κ1) is 22.2. The Kier molecular flexibility index (Phi) is 5.22. The van der Waals surface area contributed by atoms with Crippen molar-refractivity contribution in [3.05, 3.63) is 35.4 Å². The molecule has 0 aromatic heterocycles. The van der Waals surface area contributed by atoms with Gasteiger partial charge in [0, 0.05) is 38.1 Å². The first-order chi connectivity index (χ1) is 17.0. The summed E-state index contributed by atoms with van der Waals surface area (Å²) in [5.74, 6) is 3.36. The van der Waals surface area contributed by atoms with Crippen molar-refractivity contribution in [1.29, 1.82) is 0 Å². The molecule has 5 nitrogen and oxygen atoms in total. The lowest BCUT2D eigenvalue weighted by Gasteiger charge is -2.57. The van der Waals surface area contributed by atoms with Crippen molar-refractivity contribution in [2.24, 2.45) is 29.1 Å². The summed E-state index contributed by atoms with van der Waals surface area (Å²) in [6.07, 6.45) is 13.8. The number of nitrogens with one attached hydrogen (secondary N) is 1. The van der Waals surface area contributed by atoms with E-state index in [2.05, 4.69) is 39.4 Å². The van der Waals surface area contributed by atoms with Crippen LogP contribution in [0.3, 0.4) is 0 Å².